The molecule has 0 saturated heterocycles. The van der Waals surface area contributed by atoms with Crippen LogP contribution in [0.1, 0.15) is 37.6 Å². The summed E-state index contributed by atoms with van der Waals surface area (Å²) in [6, 6.07) is 2.75. The highest BCUT2D eigenvalue weighted by Gasteiger charge is 2.09. The molecule has 0 spiro atoms. The molecule has 1 heterocycles. The minimum atomic E-state index is 0.538. The predicted octanol–water partition coefficient (Wildman–Crippen LogP) is 3.96. The van der Waals surface area contributed by atoms with Crippen molar-refractivity contribution in [1.29, 1.82) is 0 Å². The Morgan fingerprint density at radius 1 is 1.54 bits per heavy atom. The van der Waals surface area contributed by atoms with Crippen molar-refractivity contribution in [3.63, 3.8) is 0 Å². The molecule has 1 rings (SSSR count). The first-order valence-electron chi connectivity index (χ1n) is 4.75. The van der Waals surface area contributed by atoms with E-state index in [-0.39, 0.29) is 0 Å². The molecule has 0 aliphatic carbocycles. The SMILES string of the molecule is CCCNC(CC)c1cc(Br)cs1. The standard InChI is InChI=1S/C10H16BrNS/c1-3-5-12-9(4-2)10-6-8(11)7-13-10/h6-7,9,12H,3-5H2,1-2H3. The van der Waals surface area contributed by atoms with Crippen LogP contribution in [0.4, 0.5) is 0 Å². The van der Waals surface area contributed by atoms with Crippen LogP contribution in [0.3, 0.4) is 0 Å². The van der Waals surface area contributed by atoms with E-state index in [2.05, 4.69) is 46.5 Å². The molecule has 0 amide bonds. The molecule has 1 atom stereocenters. The molecule has 0 saturated carbocycles. The van der Waals surface area contributed by atoms with Gasteiger partial charge in [0.2, 0.25) is 0 Å². The molecule has 3 heteroatoms. The van der Waals surface area contributed by atoms with E-state index in [1.54, 1.807) is 0 Å². The summed E-state index contributed by atoms with van der Waals surface area (Å²) >= 11 is 5.30. The van der Waals surface area contributed by atoms with Crippen LogP contribution in [-0.2, 0) is 0 Å². The van der Waals surface area contributed by atoms with Gasteiger partial charge in [0.05, 0.1) is 0 Å². The summed E-state index contributed by atoms with van der Waals surface area (Å²) in [6.45, 7) is 5.53. The quantitative estimate of drug-likeness (QED) is 0.846. The van der Waals surface area contributed by atoms with Gasteiger partial charge in [-0.1, -0.05) is 13.8 Å². The third-order valence-electron chi connectivity index (χ3n) is 1.98. The van der Waals surface area contributed by atoms with Gasteiger partial charge in [-0.25, -0.2) is 0 Å². The Kier molecular flexibility index (Phi) is 4.99. The van der Waals surface area contributed by atoms with E-state index in [9.17, 15) is 0 Å². The normalized spacial score (nSPS) is 13.2. The topological polar surface area (TPSA) is 12.0 Å². The smallest absolute Gasteiger partial charge is 0.0412 e. The molecule has 1 N–H and O–H groups in total. The lowest BCUT2D eigenvalue weighted by Gasteiger charge is -2.14. The van der Waals surface area contributed by atoms with E-state index < -0.39 is 0 Å². The molecule has 1 aromatic rings. The second-order valence-corrected chi connectivity index (χ2v) is 4.94. The maximum absolute atomic E-state index is 3.54. The van der Waals surface area contributed by atoms with Gasteiger partial charge in [-0.15, -0.1) is 11.3 Å². The van der Waals surface area contributed by atoms with Gasteiger partial charge in [0.25, 0.3) is 0 Å². The van der Waals surface area contributed by atoms with E-state index >= 15 is 0 Å². The van der Waals surface area contributed by atoms with Gasteiger partial charge >= 0.3 is 0 Å². The average molecular weight is 262 g/mol. The summed E-state index contributed by atoms with van der Waals surface area (Å²) in [6.07, 6.45) is 2.36. The predicted molar refractivity (Wildman–Crippen MR) is 63.3 cm³/mol. The molecule has 1 unspecified atom stereocenters. The van der Waals surface area contributed by atoms with Gasteiger partial charge in [0.1, 0.15) is 0 Å². The number of hydrogen-bond donors (Lipinski definition) is 1. The average Bonchev–Trinajstić information content (AvgIpc) is 2.54. The monoisotopic (exact) mass is 261 g/mol. The van der Waals surface area contributed by atoms with Crippen molar-refractivity contribution in [2.75, 3.05) is 6.54 Å². The summed E-state index contributed by atoms with van der Waals surface area (Å²) in [5.74, 6) is 0. The van der Waals surface area contributed by atoms with Crippen molar-refractivity contribution in [3.8, 4) is 0 Å². The summed E-state index contributed by atoms with van der Waals surface area (Å²) in [4.78, 5) is 1.43. The molecule has 13 heavy (non-hydrogen) atoms. The lowest BCUT2D eigenvalue weighted by Crippen LogP contribution is -2.20. The molecule has 0 aromatic carbocycles. The Hall–Kier alpha value is 0.140. The number of nitrogens with one attached hydrogen (secondary N) is 1. The van der Waals surface area contributed by atoms with E-state index in [1.807, 2.05) is 11.3 Å². The van der Waals surface area contributed by atoms with Gasteiger partial charge in [-0.3, -0.25) is 0 Å². The fraction of sp³-hybridized carbons (Fsp3) is 0.600. The molecule has 1 aromatic heterocycles. The van der Waals surface area contributed by atoms with Gasteiger partial charge in [0.15, 0.2) is 0 Å². The molecule has 0 bridgehead atoms. The second kappa shape index (κ2) is 5.78. The Morgan fingerprint density at radius 3 is 2.77 bits per heavy atom. The van der Waals surface area contributed by atoms with Crippen molar-refractivity contribution in [2.24, 2.45) is 0 Å². The number of hydrogen-bond acceptors (Lipinski definition) is 2. The summed E-state index contributed by atoms with van der Waals surface area (Å²) in [5, 5.41) is 5.68. The van der Waals surface area contributed by atoms with Crippen LogP contribution >= 0.6 is 27.3 Å². The van der Waals surface area contributed by atoms with Crippen molar-refractivity contribution < 1.29 is 0 Å². The molecule has 74 valence electrons. The Balaban J connectivity index is 2.56. The largest absolute Gasteiger partial charge is 0.309 e. The fourth-order valence-corrected chi connectivity index (χ4v) is 2.88. The zero-order chi connectivity index (χ0) is 9.68. The number of rotatable bonds is 5. The fourth-order valence-electron chi connectivity index (χ4n) is 1.28. The van der Waals surface area contributed by atoms with Crippen LogP contribution in [0.5, 0.6) is 0 Å². The van der Waals surface area contributed by atoms with Crippen LogP contribution in [0.15, 0.2) is 15.9 Å². The summed E-state index contributed by atoms with van der Waals surface area (Å²) in [7, 11) is 0. The Morgan fingerprint density at radius 2 is 2.31 bits per heavy atom. The van der Waals surface area contributed by atoms with E-state index in [4.69, 9.17) is 0 Å². The number of halogens is 1. The van der Waals surface area contributed by atoms with Gasteiger partial charge in [0, 0.05) is 20.8 Å². The maximum atomic E-state index is 3.54. The first-order chi connectivity index (χ1) is 6.27. The van der Waals surface area contributed by atoms with Crippen LogP contribution in [-0.4, -0.2) is 6.54 Å². The maximum Gasteiger partial charge on any atom is 0.0412 e. The molecular weight excluding hydrogens is 246 g/mol. The van der Waals surface area contributed by atoms with E-state index in [1.165, 1.54) is 15.8 Å². The van der Waals surface area contributed by atoms with Crippen molar-refractivity contribution >= 4 is 27.3 Å². The highest BCUT2D eigenvalue weighted by molar-refractivity contribution is 9.10. The van der Waals surface area contributed by atoms with Gasteiger partial charge in [-0.05, 0) is 41.4 Å². The van der Waals surface area contributed by atoms with Crippen LogP contribution in [0, 0.1) is 0 Å². The van der Waals surface area contributed by atoms with Gasteiger partial charge in [-0.2, -0.15) is 0 Å². The molecule has 1 nitrogen and oxygen atoms in total. The molecular formula is C10H16BrNS. The Bertz CT molecular complexity index is 247. The van der Waals surface area contributed by atoms with E-state index in [0.29, 0.717) is 6.04 Å². The first-order valence-corrected chi connectivity index (χ1v) is 6.42. The molecule has 0 radical (unpaired) electrons. The lowest BCUT2D eigenvalue weighted by atomic mass is 10.2. The zero-order valence-electron chi connectivity index (χ0n) is 8.14. The van der Waals surface area contributed by atoms with Crippen molar-refractivity contribution in [2.45, 2.75) is 32.7 Å². The Labute approximate surface area is 92.7 Å². The highest BCUT2D eigenvalue weighted by atomic mass is 79.9. The molecule has 0 aliphatic rings. The minimum Gasteiger partial charge on any atom is -0.309 e. The van der Waals surface area contributed by atoms with Gasteiger partial charge < -0.3 is 5.32 Å². The summed E-state index contributed by atoms with van der Waals surface area (Å²) in [5.41, 5.74) is 0. The third kappa shape index (κ3) is 3.41. The zero-order valence-corrected chi connectivity index (χ0v) is 10.5. The third-order valence-corrected chi connectivity index (χ3v) is 3.79. The van der Waals surface area contributed by atoms with Crippen LogP contribution < -0.4 is 5.32 Å². The van der Waals surface area contributed by atoms with Crippen molar-refractivity contribution in [1.82, 2.24) is 5.32 Å². The number of thiophene rings is 1. The second-order valence-electron chi connectivity index (χ2n) is 3.08. The minimum absolute atomic E-state index is 0.538. The van der Waals surface area contributed by atoms with Crippen molar-refractivity contribution in [3.05, 3.63) is 20.8 Å². The first kappa shape index (κ1) is 11.2. The lowest BCUT2D eigenvalue weighted by molar-refractivity contribution is 0.525. The highest BCUT2D eigenvalue weighted by Crippen LogP contribution is 2.27. The summed E-state index contributed by atoms with van der Waals surface area (Å²) < 4.78 is 1.20. The molecule has 0 fully saturated rings. The molecule has 0 aliphatic heterocycles. The van der Waals surface area contributed by atoms with E-state index in [0.717, 1.165) is 13.0 Å². The van der Waals surface area contributed by atoms with Crippen LogP contribution in [0.25, 0.3) is 0 Å². The van der Waals surface area contributed by atoms with Crippen LogP contribution in [0.2, 0.25) is 0 Å².